The van der Waals surface area contributed by atoms with Crippen LogP contribution in [0.25, 0.3) is 0 Å². The quantitative estimate of drug-likeness (QED) is 0.613. The zero-order valence-corrected chi connectivity index (χ0v) is 9.54. The average Bonchev–Trinajstić information content (AvgIpc) is 2.10. The third kappa shape index (κ3) is 5.36. The van der Waals surface area contributed by atoms with Crippen LogP contribution in [0.2, 0.25) is 0 Å². The van der Waals surface area contributed by atoms with E-state index >= 15 is 0 Å². The lowest BCUT2D eigenvalue weighted by atomic mass is 10.8. The summed E-state index contributed by atoms with van der Waals surface area (Å²) in [5.74, 6) is 0. The van der Waals surface area contributed by atoms with Gasteiger partial charge in [-0.25, -0.2) is 14.5 Å². The molecule has 0 bridgehead atoms. The molecular formula is C5H7Cl2FN2O3S. The van der Waals surface area contributed by atoms with Gasteiger partial charge in [0.25, 0.3) is 0 Å². The Hall–Kier alpha value is -0.400. The number of halogens is 3. The number of nitrogens with zero attached hydrogens (tertiary/aromatic N) is 1. The molecule has 9 heteroatoms. The van der Waals surface area contributed by atoms with E-state index in [4.69, 9.17) is 23.2 Å². The van der Waals surface area contributed by atoms with E-state index in [1.165, 1.54) is 0 Å². The second-order valence-electron chi connectivity index (χ2n) is 1.98. The minimum absolute atomic E-state index is 0.113. The molecule has 82 valence electrons. The van der Waals surface area contributed by atoms with Crippen LogP contribution in [-0.2, 0) is 4.74 Å². The number of alkyl halides is 3. The van der Waals surface area contributed by atoms with Gasteiger partial charge in [-0.1, -0.05) is 23.2 Å². The minimum atomic E-state index is -2.65. The molecule has 0 aliphatic carbocycles. The van der Waals surface area contributed by atoms with Crippen molar-refractivity contribution in [1.29, 1.82) is 0 Å². The lowest BCUT2D eigenvalue weighted by Crippen LogP contribution is -2.39. The number of hydrogen-bond acceptors (Lipinski definition) is 4. The van der Waals surface area contributed by atoms with Crippen LogP contribution in [0.1, 0.15) is 0 Å². The Morgan fingerprint density at radius 1 is 1.57 bits per heavy atom. The Morgan fingerprint density at radius 2 is 2.07 bits per heavy atom. The maximum absolute atomic E-state index is 12.4. The molecule has 0 aromatic heterocycles. The van der Waals surface area contributed by atoms with Crippen molar-refractivity contribution >= 4 is 47.3 Å². The Balaban J connectivity index is 4.03. The first kappa shape index (κ1) is 13.6. The molecular weight excluding hydrogens is 258 g/mol. The number of amides is 3. The molecule has 0 saturated carbocycles. The van der Waals surface area contributed by atoms with Gasteiger partial charge in [-0.2, -0.15) is 4.39 Å². The van der Waals surface area contributed by atoms with Crippen molar-refractivity contribution < 1.29 is 18.7 Å². The molecule has 0 aromatic carbocycles. The van der Waals surface area contributed by atoms with Crippen molar-refractivity contribution in [2.45, 2.75) is 3.92 Å². The van der Waals surface area contributed by atoms with Gasteiger partial charge in [0.1, 0.15) is 0 Å². The molecule has 0 radical (unpaired) electrons. The van der Waals surface area contributed by atoms with E-state index in [0.29, 0.717) is 4.90 Å². The summed E-state index contributed by atoms with van der Waals surface area (Å²) in [5.41, 5.74) is 0. The molecule has 0 heterocycles. The first-order chi connectivity index (χ1) is 6.28. The molecule has 0 aliphatic heterocycles. The number of ether oxygens (including phenoxy) is 1. The standard InChI is InChI=1S/C5H7Cl2FN2O3S/c1-10(4(12)13-2)3(11)9-14-5(6,7)8/h1-2H3,(H,9,11). The molecule has 14 heavy (non-hydrogen) atoms. The fourth-order valence-corrected chi connectivity index (χ4v) is 0.961. The molecule has 0 fully saturated rings. The van der Waals surface area contributed by atoms with E-state index in [1.54, 1.807) is 0 Å². The SMILES string of the molecule is COC(=O)N(C)C(=O)NSC(F)(Cl)Cl. The normalized spacial score (nSPS) is 10.6. The summed E-state index contributed by atoms with van der Waals surface area (Å²) in [6, 6.07) is -0.898. The fraction of sp³-hybridized carbons (Fsp3) is 0.600. The summed E-state index contributed by atoms with van der Waals surface area (Å²) < 4.78 is 15.9. The second-order valence-corrected chi connectivity index (χ2v) is 4.64. The maximum atomic E-state index is 12.4. The number of urea groups is 1. The van der Waals surface area contributed by atoms with Gasteiger partial charge < -0.3 is 4.74 Å². The topological polar surface area (TPSA) is 58.6 Å². The van der Waals surface area contributed by atoms with Crippen molar-refractivity contribution in [3.63, 3.8) is 0 Å². The number of rotatable bonds is 2. The largest absolute Gasteiger partial charge is 0.452 e. The monoisotopic (exact) mass is 264 g/mol. The zero-order chi connectivity index (χ0) is 11.4. The van der Waals surface area contributed by atoms with Crippen LogP contribution in [0.5, 0.6) is 0 Å². The highest BCUT2D eigenvalue weighted by atomic mass is 35.5. The molecule has 0 rings (SSSR count). The van der Waals surface area contributed by atoms with Gasteiger partial charge >= 0.3 is 16.0 Å². The summed E-state index contributed by atoms with van der Waals surface area (Å²) in [6.07, 6.45) is -0.892. The van der Waals surface area contributed by atoms with Crippen molar-refractivity contribution in [3.05, 3.63) is 0 Å². The van der Waals surface area contributed by atoms with E-state index in [2.05, 4.69) is 4.74 Å². The molecule has 0 atom stereocenters. The van der Waals surface area contributed by atoms with Gasteiger partial charge in [0.05, 0.1) is 7.11 Å². The fourth-order valence-electron chi connectivity index (χ4n) is 0.390. The van der Waals surface area contributed by atoms with Gasteiger partial charge in [-0.15, -0.1) is 0 Å². The van der Waals surface area contributed by atoms with Crippen LogP contribution < -0.4 is 4.72 Å². The number of carbonyl (C=O) groups is 2. The second kappa shape index (κ2) is 5.47. The number of imide groups is 1. The summed E-state index contributed by atoms with van der Waals surface area (Å²) in [5, 5.41) is 0. The molecule has 3 amide bonds. The van der Waals surface area contributed by atoms with E-state index in [9.17, 15) is 14.0 Å². The van der Waals surface area contributed by atoms with E-state index in [1.807, 2.05) is 4.72 Å². The molecule has 0 aliphatic rings. The van der Waals surface area contributed by atoms with Gasteiger partial charge in [-0.3, -0.25) is 4.72 Å². The third-order valence-electron chi connectivity index (χ3n) is 1.01. The van der Waals surface area contributed by atoms with Crippen molar-refractivity contribution in [2.75, 3.05) is 14.2 Å². The van der Waals surface area contributed by atoms with Crippen LogP contribution in [0.4, 0.5) is 14.0 Å². The summed E-state index contributed by atoms with van der Waals surface area (Å²) in [7, 11) is 2.24. The van der Waals surface area contributed by atoms with E-state index in [0.717, 1.165) is 14.2 Å². The van der Waals surface area contributed by atoms with E-state index < -0.39 is 16.0 Å². The molecule has 0 saturated heterocycles. The zero-order valence-electron chi connectivity index (χ0n) is 7.21. The first-order valence-electron chi connectivity index (χ1n) is 3.14. The summed E-state index contributed by atoms with van der Waals surface area (Å²) in [4.78, 5) is 22.3. The lowest BCUT2D eigenvalue weighted by Gasteiger charge is -2.15. The van der Waals surface area contributed by atoms with Crippen LogP contribution >= 0.6 is 35.1 Å². The van der Waals surface area contributed by atoms with Crippen molar-refractivity contribution in [2.24, 2.45) is 0 Å². The minimum Gasteiger partial charge on any atom is -0.452 e. The van der Waals surface area contributed by atoms with Crippen molar-refractivity contribution in [1.82, 2.24) is 9.62 Å². The number of hydrogen-bond donors (Lipinski definition) is 1. The molecule has 5 nitrogen and oxygen atoms in total. The summed E-state index contributed by atoms with van der Waals surface area (Å²) in [6.45, 7) is 0. The van der Waals surface area contributed by atoms with Crippen molar-refractivity contribution in [3.8, 4) is 0 Å². The Morgan fingerprint density at radius 3 is 2.43 bits per heavy atom. The summed E-state index contributed by atoms with van der Waals surface area (Å²) >= 11 is 9.93. The predicted molar refractivity (Wildman–Crippen MR) is 51.8 cm³/mol. The number of methoxy groups -OCH3 is 1. The molecule has 1 N–H and O–H groups in total. The van der Waals surface area contributed by atoms with Crippen LogP contribution in [0.15, 0.2) is 0 Å². The van der Waals surface area contributed by atoms with Crippen LogP contribution in [0, 0.1) is 0 Å². The third-order valence-corrected chi connectivity index (χ3v) is 1.98. The van der Waals surface area contributed by atoms with Gasteiger partial charge in [-0.05, 0) is 0 Å². The highest BCUT2D eigenvalue weighted by Gasteiger charge is 2.26. The highest BCUT2D eigenvalue weighted by Crippen LogP contribution is 2.33. The smallest absolute Gasteiger partial charge is 0.417 e. The van der Waals surface area contributed by atoms with Gasteiger partial charge in [0.15, 0.2) is 0 Å². The molecule has 0 spiro atoms. The van der Waals surface area contributed by atoms with Gasteiger partial charge in [0, 0.05) is 19.0 Å². The molecule has 0 unspecified atom stereocenters. The number of carbonyl (C=O) groups excluding carboxylic acids is 2. The molecule has 0 aromatic rings. The lowest BCUT2D eigenvalue weighted by molar-refractivity contribution is 0.139. The first-order valence-corrected chi connectivity index (χ1v) is 4.71. The van der Waals surface area contributed by atoms with E-state index in [-0.39, 0.29) is 11.9 Å². The van der Waals surface area contributed by atoms with Crippen LogP contribution in [0.3, 0.4) is 0 Å². The predicted octanol–water partition coefficient (Wildman–Crippen LogP) is 2.10. The van der Waals surface area contributed by atoms with Gasteiger partial charge in [0.2, 0.25) is 0 Å². The Bertz CT molecular complexity index is 236. The van der Waals surface area contributed by atoms with Crippen LogP contribution in [-0.4, -0.2) is 35.1 Å². The highest BCUT2D eigenvalue weighted by molar-refractivity contribution is 8.01. The number of nitrogens with one attached hydrogen (secondary N) is 1. The Kier molecular flexibility index (Phi) is 5.32. The Labute approximate surface area is 94.0 Å². The maximum Gasteiger partial charge on any atom is 0.417 e. The average molecular weight is 265 g/mol.